The second kappa shape index (κ2) is 6.66. The Hall–Kier alpha value is -2.96. The summed E-state index contributed by atoms with van der Waals surface area (Å²) in [4.78, 5) is 39.2. The van der Waals surface area contributed by atoms with Gasteiger partial charge < -0.3 is 9.84 Å². The van der Waals surface area contributed by atoms with E-state index in [4.69, 9.17) is 9.84 Å². The summed E-state index contributed by atoms with van der Waals surface area (Å²) in [6.07, 6.45) is 1.11. The van der Waals surface area contributed by atoms with Crippen molar-refractivity contribution in [3.63, 3.8) is 0 Å². The van der Waals surface area contributed by atoms with Crippen LogP contribution in [0.3, 0.4) is 0 Å². The minimum atomic E-state index is -1.21. The fourth-order valence-corrected chi connectivity index (χ4v) is 1.94. The summed E-state index contributed by atoms with van der Waals surface area (Å²) in [6.45, 7) is 1.13. The van der Waals surface area contributed by atoms with E-state index in [9.17, 15) is 14.4 Å². The third-order valence-electron chi connectivity index (χ3n) is 2.87. The first-order valence-electron chi connectivity index (χ1n) is 6.58. The first-order chi connectivity index (χ1) is 10.5. The maximum atomic E-state index is 12.4. The summed E-state index contributed by atoms with van der Waals surface area (Å²) >= 11 is 0. The summed E-state index contributed by atoms with van der Waals surface area (Å²) in [6, 6.07) is 8.67. The second-order valence-electron chi connectivity index (χ2n) is 4.37. The summed E-state index contributed by atoms with van der Waals surface area (Å²) in [5, 5.41) is 8.99. The van der Waals surface area contributed by atoms with E-state index in [2.05, 4.69) is 4.98 Å². The Bertz CT molecular complexity index is 752. The van der Waals surface area contributed by atoms with Crippen LogP contribution < -0.4 is 5.56 Å². The standard InChI is InChI=1S/C15H14N2O5/c1-2-22-15(21)11-8-16-13(10-6-4-3-5-7-10)17(14(11)20)9-12(18)19/h3-8H,2,9H2,1H3,(H,18,19). The van der Waals surface area contributed by atoms with Gasteiger partial charge >= 0.3 is 11.9 Å². The number of nitrogens with zero attached hydrogens (tertiary/aromatic N) is 2. The molecule has 0 amide bonds. The number of aliphatic carboxylic acids is 1. The molecule has 22 heavy (non-hydrogen) atoms. The van der Waals surface area contributed by atoms with Crippen molar-refractivity contribution in [2.24, 2.45) is 0 Å². The van der Waals surface area contributed by atoms with Crippen LogP contribution in [0.2, 0.25) is 0 Å². The second-order valence-corrected chi connectivity index (χ2v) is 4.37. The van der Waals surface area contributed by atoms with Gasteiger partial charge in [-0.25, -0.2) is 9.78 Å². The van der Waals surface area contributed by atoms with Gasteiger partial charge in [0.1, 0.15) is 17.9 Å². The van der Waals surface area contributed by atoms with Crippen molar-refractivity contribution in [3.05, 3.63) is 52.4 Å². The third kappa shape index (κ3) is 3.20. The number of carboxylic acids is 1. The summed E-state index contributed by atoms with van der Waals surface area (Å²) in [5.74, 6) is -1.85. The highest BCUT2D eigenvalue weighted by Crippen LogP contribution is 2.15. The van der Waals surface area contributed by atoms with Crippen LogP contribution in [-0.2, 0) is 16.1 Å². The molecule has 0 unspecified atom stereocenters. The van der Waals surface area contributed by atoms with Crippen LogP contribution in [0.25, 0.3) is 11.4 Å². The molecule has 1 N–H and O–H groups in total. The number of benzene rings is 1. The van der Waals surface area contributed by atoms with Crippen molar-refractivity contribution in [1.29, 1.82) is 0 Å². The highest BCUT2D eigenvalue weighted by molar-refractivity contribution is 5.89. The molecule has 2 aromatic rings. The third-order valence-corrected chi connectivity index (χ3v) is 2.87. The smallest absolute Gasteiger partial charge is 0.345 e. The molecule has 0 aliphatic heterocycles. The number of carboxylic acid groups (broad SMARTS) is 1. The van der Waals surface area contributed by atoms with Crippen LogP contribution in [0.1, 0.15) is 17.3 Å². The Morgan fingerprint density at radius 2 is 1.95 bits per heavy atom. The maximum absolute atomic E-state index is 12.4. The number of esters is 1. The lowest BCUT2D eigenvalue weighted by molar-refractivity contribution is -0.137. The predicted molar refractivity (Wildman–Crippen MR) is 77.5 cm³/mol. The molecule has 114 valence electrons. The molecule has 7 nitrogen and oxygen atoms in total. The Morgan fingerprint density at radius 1 is 1.27 bits per heavy atom. The molecule has 0 saturated heterocycles. The van der Waals surface area contributed by atoms with E-state index in [-0.39, 0.29) is 18.0 Å². The zero-order chi connectivity index (χ0) is 16.1. The largest absolute Gasteiger partial charge is 0.480 e. The molecule has 1 aromatic carbocycles. The van der Waals surface area contributed by atoms with Crippen molar-refractivity contribution in [2.75, 3.05) is 6.61 Å². The van der Waals surface area contributed by atoms with Gasteiger partial charge in [-0.15, -0.1) is 0 Å². The van der Waals surface area contributed by atoms with Gasteiger partial charge in [-0.2, -0.15) is 0 Å². The van der Waals surface area contributed by atoms with Crippen molar-refractivity contribution in [1.82, 2.24) is 9.55 Å². The van der Waals surface area contributed by atoms with Crippen LogP contribution in [0.15, 0.2) is 41.3 Å². The topological polar surface area (TPSA) is 98.5 Å². The van der Waals surface area contributed by atoms with Crippen LogP contribution in [-0.4, -0.2) is 33.2 Å². The molecule has 0 atom stereocenters. The number of aromatic nitrogens is 2. The molecule has 1 heterocycles. The summed E-state index contributed by atoms with van der Waals surface area (Å²) in [5.41, 5.74) is -0.450. The molecule has 0 bridgehead atoms. The van der Waals surface area contributed by atoms with E-state index in [1.54, 1.807) is 37.3 Å². The Labute approximate surface area is 125 Å². The van der Waals surface area contributed by atoms with E-state index in [1.165, 1.54) is 0 Å². The molecular weight excluding hydrogens is 288 g/mol. The zero-order valence-electron chi connectivity index (χ0n) is 11.9. The maximum Gasteiger partial charge on any atom is 0.345 e. The first kappa shape index (κ1) is 15.4. The van der Waals surface area contributed by atoms with E-state index in [0.717, 1.165) is 10.8 Å². The molecule has 1 aromatic heterocycles. The number of hydrogen-bond acceptors (Lipinski definition) is 5. The molecular formula is C15H14N2O5. The number of hydrogen-bond donors (Lipinski definition) is 1. The number of ether oxygens (including phenoxy) is 1. The first-order valence-corrected chi connectivity index (χ1v) is 6.58. The monoisotopic (exact) mass is 302 g/mol. The highest BCUT2D eigenvalue weighted by Gasteiger charge is 2.19. The lowest BCUT2D eigenvalue weighted by atomic mass is 10.2. The average Bonchev–Trinajstić information content (AvgIpc) is 2.50. The molecule has 0 aliphatic rings. The predicted octanol–water partition coefficient (Wildman–Crippen LogP) is 1.17. The Morgan fingerprint density at radius 3 is 2.55 bits per heavy atom. The van der Waals surface area contributed by atoms with Crippen LogP contribution in [0, 0.1) is 0 Å². The van der Waals surface area contributed by atoms with Gasteiger partial charge in [0.15, 0.2) is 0 Å². The molecule has 0 spiro atoms. The van der Waals surface area contributed by atoms with E-state index >= 15 is 0 Å². The van der Waals surface area contributed by atoms with E-state index in [0.29, 0.717) is 5.56 Å². The minimum Gasteiger partial charge on any atom is -0.480 e. The van der Waals surface area contributed by atoms with Gasteiger partial charge in [-0.05, 0) is 6.92 Å². The SMILES string of the molecule is CCOC(=O)c1cnc(-c2ccccc2)n(CC(=O)O)c1=O. The van der Waals surface area contributed by atoms with Gasteiger partial charge in [0.2, 0.25) is 0 Å². The van der Waals surface area contributed by atoms with E-state index in [1.807, 2.05) is 0 Å². The molecule has 0 fully saturated rings. The van der Waals surface area contributed by atoms with Crippen LogP contribution >= 0.6 is 0 Å². The number of rotatable bonds is 5. The fraction of sp³-hybridized carbons (Fsp3) is 0.200. The van der Waals surface area contributed by atoms with Crippen molar-refractivity contribution in [3.8, 4) is 11.4 Å². The summed E-state index contributed by atoms with van der Waals surface area (Å²) < 4.78 is 5.72. The Balaban J connectivity index is 2.61. The number of carbonyl (C=O) groups excluding carboxylic acids is 1. The van der Waals surface area contributed by atoms with Crippen molar-refractivity contribution in [2.45, 2.75) is 13.5 Å². The molecule has 0 aliphatic carbocycles. The van der Waals surface area contributed by atoms with Crippen molar-refractivity contribution >= 4 is 11.9 Å². The molecule has 0 saturated carbocycles. The molecule has 7 heteroatoms. The quantitative estimate of drug-likeness (QED) is 0.832. The summed E-state index contributed by atoms with van der Waals surface area (Å²) in [7, 11) is 0. The Kier molecular flexibility index (Phi) is 4.67. The minimum absolute atomic E-state index is 0.109. The highest BCUT2D eigenvalue weighted by atomic mass is 16.5. The lowest BCUT2D eigenvalue weighted by Gasteiger charge is -2.11. The van der Waals surface area contributed by atoms with Gasteiger partial charge in [0.25, 0.3) is 5.56 Å². The van der Waals surface area contributed by atoms with Gasteiger partial charge in [-0.3, -0.25) is 14.2 Å². The van der Waals surface area contributed by atoms with Gasteiger partial charge in [0.05, 0.1) is 6.61 Å². The normalized spacial score (nSPS) is 10.2. The van der Waals surface area contributed by atoms with Crippen molar-refractivity contribution < 1.29 is 19.4 Å². The van der Waals surface area contributed by atoms with Gasteiger partial charge in [0, 0.05) is 11.8 Å². The van der Waals surface area contributed by atoms with E-state index < -0.39 is 24.0 Å². The fourth-order valence-electron chi connectivity index (χ4n) is 1.94. The molecule has 2 rings (SSSR count). The molecule has 0 radical (unpaired) electrons. The zero-order valence-corrected chi connectivity index (χ0v) is 11.9. The van der Waals surface area contributed by atoms with Crippen LogP contribution in [0.5, 0.6) is 0 Å². The van der Waals surface area contributed by atoms with Gasteiger partial charge in [-0.1, -0.05) is 30.3 Å². The average molecular weight is 302 g/mol. The number of carbonyl (C=O) groups is 2. The van der Waals surface area contributed by atoms with Crippen LogP contribution in [0.4, 0.5) is 0 Å². The lowest BCUT2D eigenvalue weighted by Crippen LogP contribution is -2.31.